The van der Waals surface area contributed by atoms with Crippen molar-refractivity contribution in [2.75, 3.05) is 0 Å². The van der Waals surface area contributed by atoms with Crippen molar-refractivity contribution in [2.24, 2.45) is 11.8 Å². The van der Waals surface area contributed by atoms with Gasteiger partial charge in [-0.25, -0.2) is 0 Å². The summed E-state index contributed by atoms with van der Waals surface area (Å²) in [6.45, 7) is 9.79. The zero-order valence-corrected chi connectivity index (χ0v) is 9.91. The Morgan fingerprint density at radius 1 is 1.40 bits per heavy atom. The van der Waals surface area contributed by atoms with Gasteiger partial charge in [0.1, 0.15) is 0 Å². The summed E-state index contributed by atoms with van der Waals surface area (Å²) in [5, 5.41) is 10.6. The van der Waals surface area contributed by atoms with Crippen molar-refractivity contribution in [1.82, 2.24) is 0 Å². The molecule has 86 valence electrons. The monoisotopic (exact) mass is 208 g/mol. The van der Waals surface area contributed by atoms with Crippen LogP contribution in [0.3, 0.4) is 0 Å². The highest BCUT2D eigenvalue weighted by Crippen LogP contribution is 2.43. The Balaban J connectivity index is 2.81. The van der Waals surface area contributed by atoms with Crippen molar-refractivity contribution in [3.63, 3.8) is 0 Å². The van der Waals surface area contributed by atoms with Crippen molar-refractivity contribution in [2.45, 2.75) is 51.0 Å². The van der Waals surface area contributed by atoms with Crippen LogP contribution in [0.15, 0.2) is 25.3 Å². The standard InChI is InChI=1S/C14H24O/c1-4-8-13-12(6-3)9-7-11-14(13,15)10-5-2/h4-5,12-13,15H,1-2,6-11H2,3H3/t12-,13+,14-/m0/s1. The van der Waals surface area contributed by atoms with Crippen molar-refractivity contribution >= 4 is 0 Å². The molecule has 0 aromatic heterocycles. The van der Waals surface area contributed by atoms with Crippen LogP contribution in [0.4, 0.5) is 0 Å². The van der Waals surface area contributed by atoms with E-state index in [0.29, 0.717) is 11.8 Å². The first-order valence-electron chi connectivity index (χ1n) is 6.12. The molecule has 1 N–H and O–H groups in total. The van der Waals surface area contributed by atoms with E-state index in [9.17, 15) is 5.11 Å². The SMILES string of the molecule is C=CC[C@@H]1[C@@H](CC)CCC[C@@]1(O)CC=C. The lowest BCUT2D eigenvalue weighted by Crippen LogP contribution is -2.44. The Hall–Kier alpha value is -0.560. The number of hydrogen-bond donors (Lipinski definition) is 1. The fourth-order valence-electron chi connectivity index (χ4n) is 3.08. The second-order valence-electron chi connectivity index (χ2n) is 4.79. The molecule has 1 aliphatic rings. The molecule has 1 heteroatoms. The molecule has 0 saturated heterocycles. The average Bonchev–Trinajstić information content (AvgIpc) is 2.22. The summed E-state index contributed by atoms with van der Waals surface area (Å²) in [5.41, 5.74) is -0.519. The number of rotatable bonds is 5. The molecule has 0 bridgehead atoms. The molecule has 0 spiro atoms. The van der Waals surface area contributed by atoms with Crippen LogP contribution in [0.2, 0.25) is 0 Å². The van der Waals surface area contributed by atoms with Crippen LogP contribution in [0, 0.1) is 11.8 Å². The summed E-state index contributed by atoms with van der Waals surface area (Å²) in [4.78, 5) is 0. The van der Waals surface area contributed by atoms with Crippen LogP contribution in [-0.4, -0.2) is 10.7 Å². The normalized spacial score (nSPS) is 36.1. The summed E-state index contributed by atoms with van der Waals surface area (Å²) in [6.07, 6.45) is 9.96. The van der Waals surface area contributed by atoms with Gasteiger partial charge in [-0.2, -0.15) is 0 Å². The van der Waals surface area contributed by atoms with E-state index < -0.39 is 5.60 Å². The van der Waals surface area contributed by atoms with E-state index in [-0.39, 0.29) is 0 Å². The molecule has 0 unspecified atom stereocenters. The summed E-state index contributed by atoms with van der Waals surface area (Å²) in [7, 11) is 0. The van der Waals surface area contributed by atoms with E-state index in [1.54, 1.807) is 0 Å². The second-order valence-corrected chi connectivity index (χ2v) is 4.79. The van der Waals surface area contributed by atoms with Crippen LogP contribution in [-0.2, 0) is 0 Å². The maximum atomic E-state index is 10.6. The summed E-state index contributed by atoms with van der Waals surface area (Å²) >= 11 is 0. The molecule has 1 aliphatic carbocycles. The van der Waals surface area contributed by atoms with Crippen molar-refractivity contribution in [3.05, 3.63) is 25.3 Å². The van der Waals surface area contributed by atoms with Gasteiger partial charge in [0.15, 0.2) is 0 Å². The van der Waals surface area contributed by atoms with Gasteiger partial charge < -0.3 is 5.11 Å². The quantitative estimate of drug-likeness (QED) is 0.683. The third-order valence-electron chi connectivity index (χ3n) is 3.89. The van der Waals surface area contributed by atoms with E-state index >= 15 is 0 Å². The fourth-order valence-corrected chi connectivity index (χ4v) is 3.08. The molecule has 3 atom stereocenters. The Morgan fingerprint density at radius 2 is 2.13 bits per heavy atom. The molecule has 15 heavy (non-hydrogen) atoms. The van der Waals surface area contributed by atoms with Crippen molar-refractivity contribution in [3.8, 4) is 0 Å². The van der Waals surface area contributed by atoms with Gasteiger partial charge in [-0.15, -0.1) is 13.2 Å². The van der Waals surface area contributed by atoms with Gasteiger partial charge in [0.2, 0.25) is 0 Å². The highest BCUT2D eigenvalue weighted by molar-refractivity contribution is 4.99. The highest BCUT2D eigenvalue weighted by Gasteiger charge is 2.41. The van der Waals surface area contributed by atoms with Crippen LogP contribution in [0.1, 0.15) is 45.4 Å². The first-order valence-corrected chi connectivity index (χ1v) is 6.12. The highest BCUT2D eigenvalue weighted by atomic mass is 16.3. The molecule has 0 aromatic rings. The van der Waals surface area contributed by atoms with E-state index in [2.05, 4.69) is 20.1 Å². The topological polar surface area (TPSA) is 20.2 Å². The molecule has 0 heterocycles. The fraction of sp³-hybridized carbons (Fsp3) is 0.714. The minimum Gasteiger partial charge on any atom is -0.389 e. The zero-order valence-electron chi connectivity index (χ0n) is 9.91. The number of hydrogen-bond acceptors (Lipinski definition) is 1. The van der Waals surface area contributed by atoms with Crippen LogP contribution in [0.25, 0.3) is 0 Å². The van der Waals surface area contributed by atoms with E-state index in [1.165, 1.54) is 6.42 Å². The minimum atomic E-state index is -0.519. The van der Waals surface area contributed by atoms with Crippen molar-refractivity contribution in [1.29, 1.82) is 0 Å². The molecule has 0 aromatic carbocycles. The molecular weight excluding hydrogens is 184 g/mol. The average molecular weight is 208 g/mol. The third kappa shape index (κ3) is 2.72. The van der Waals surface area contributed by atoms with Crippen molar-refractivity contribution < 1.29 is 5.11 Å². The van der Waals surface area contributed by atoms with E-state index in [4.69, 9.17) is 0 Å². The lowest BCUT2D eigenvalue weighted by Gasteiger charge is -2.44. The zero-order chi connectivity index (χ0) is 11.3. The number of allylic oxidation sites excluding steroid dienone is 1. The predicted molar refractivity (Wildman–Crippen MR) is 65.7 cm³/mol. The van der Waals surface area contributed by atoms with Gasteiger partial charge in [0, 0.05) is 0 Å². The van der Waals surface area contributed by atoms with Gasteiger partial charge in [0.05, 0.1) is 5.60 Å². The maximum Gasteiger partial charge on any atom is 0.0715 e. The number of aliphatic hydroxyl groups is 1. The second kappa shape index (κ2) is 5.50. The van der Waals surface area contributed by atoms with Crippen LogP contribution < -0.4 is 0 Å². The first kappa shape index (κ1) is 12.5. The lowest BCUT2D eigenvalue weighted by atomic mass is 9.65. The molecule has 0 amide bonds. The molecule has 0 aliphatic heterocycles. The lowest BCUT2D eigenvalue weighted by molar-refractivity contribution is -0.0711. The van der Waals surface area contributed by atoms with Crippen LogP contribution in [0.5, 0.6) is 0 Å². The maximum absolute atomic E-state index is 10.6. The Labute approximate surface area is 93.9 Å². The largest absolute Gasteiger partial charge is 0.389 e. The van der Waals surface area contributed by atoms with E-state index in [0.717, 1.165) is 32.1 Å². The minimum absolute atomic E-state index is 0.381. The molecule has 1 fully saturated rings. The summed E-state index contributed by atoms with van der Waals surface area (Å²) in [5.74, 6) is 1.04. The Kier molecular flexibility index (Phi) is 4.59. The first-order chi connectivity index (χ1) is 7.18. The van der Waals surface area contributed by atoms with Gasteiger partial charge in [-0.1, -0.05) is 31.9 Å². The van der Waals surface area contributed by atoms with Crippen LogP contribution >= 0.6 is 0 Å². The molecule has 1 rings (SSSR count). The Bertz CT molecular complexity index is 221. The smallest absolute Gasteiger partial charge is 0.0715 e. The van der Waals surface area contributed by atoms with Gasteiger partial charge >= 0.3 is 0 Å². The molecule has 1 saturated carbocycles. The summed E-state index contributed by atoms with van der Waals surface area (Å²) in [6, 6.07) is 0. The molecule has 0 radical (unpaired) electrons. The van der Waals surface area contributed by atoms with E-state index in [1.807, 2.05) is 12.2 Å². The Morgan fingerprint density at radius 3 is 2.67 bits per heavy atom. The molecule has 1 nitrogen and oxygen atoms in total. The predicted octanol–water partition coefficient (Wildman–Crippen LogP) is 3.70. The summed E-state index contributed by atoms with van der Waals surface area (Å²) < 4.78 is 0. The third-order valence-corrected chi connectivity index (χ3v) is 3.89. The van der Waals surface area contributed by atoms with Gasteiger partial charge in [-0.05, 0) is 37.5 Å². The molecular formula is C14H24O. The van der Waals surface area contributed by atoms with Gasteiger partial charge in [-0.3, -0.25) is 0 Å². The van der Waals surface area contributed by atoms with Gasteiger partial charge in [0.25, 0.3) is 0 Å².